The van der Waals surface area contributed by atoms with Gasteiger partial charge in [-0.1, -0.05) is 19.1 Å². The van der Waals surface area contributed by atoms with Gasteiger partial charge in [-0.3, -0.25) is 4.98 Å². The van der Waals surface area contributed by atoms with Crippen LogP contribution < -0.4 is 3.12 Å². The number of aryl methyl sites for hydroxylation is 1. The molecule has 0 saturated carbocycles. The number of carbonyl (C=O) groups excluding carboxylic acids is 1. The van der Waals surface area contributed by atoms with Crippen molar-refractivity contribution in [2.45, 2.75) is 52.0 Å². The number of aromatic nitrogens is 1. The van der Waals surface area contributed by atoms with E-state index in [1.165, 1.54) is 17.2 Å². The molecule has 0 radical (unpaired) electrons. The summed E-state index contributed by atoms with van der Waals surface area (Å²) in [7, 11) is 0. The Morgan fingerprint density at radius 3 is 2.55 bits per heavy atom. The number of nitrogens with zero attached hydrogens (tertiary/aromatic N) is 3. The number of halogens is 1. The molecule has 4 rings (SSSR count). The average Bonchev–Trinajstić information content (AvgIpc) is 2.92. The summed E-state index contributed by atoms with van der Waals surface area (Å²) in [6, 6.07) is 9.32. The summed E-state index contributed by atoms with van der Waals surface area (Å²) in [6.45, 7) is 7.79. The van der Waals surface area contributed by atoms with E-state index >= 15 is 0 Å². The maximum absolute atomic E-state index is 13.7. The fraction of sp³-hybridized carbons (Fsp3) is 0.484. The molecule has 1 aromatic heterocycles. The molecular formula is C31H39FN3O2Tl. The molecule has 5 nitrogen and oxygen atoms in total. The predicted octanol–water partition coefficient (Wildman–Crippen LogP) is 4.14. The minimum absolute atomic E-state index is 0.0210. The van der Waals surface area contributed by atoms with Crippen molar-refractivity contribution in [3.8, 4) is 0 Å². The van der Waals surface area contributed by atoms with Crippen molar-refractivity contribution in [1.29, 1.82) is 0 Å². The number of likely N-dealkylation sites (tertiary alicyclic amines) is 2. The van der Waals surface area contributed by atoms with E-state index in [-0.39, 0.29) is 24.4 Å². The topological polar surface area (TPSA) is 56.7 Å². The zero-order valence-corrected chi connectivity index (χ0v) is 27.1. The van der Waals surface area contributed by atoms with Crippen LogP contribution in [0.5, 0.6) is 0 Å². The molecule has 3 heterocycles. The van der Waals surface area contributed by atoms with E-state index in [9.17, 15) is 14.3 Å². The predicted molar refractivity (Wildman–Crippen MR) is 153 cm³/mol. The van der Waals surface area contributed by atoms with Crippen LogP contribution in [0.3, 0.4) is 0 Å². The molecule has 2 aliphatic heterocycles. The van der Waals surface area contributed by atoms with Gasteiger partial charge in [0.05, 0.1) is 0 Å². The van der Waals surface area contributed by atoms with Gasteiger partial charge in [-0.05, 0) is 62.4 Å². The van der Waals surface area contributed by atoms with Crippen molar-refractivity contribution in [2.75, 3.05) is 32.8 Å². The van der Waals surface area contributed by atoms with E-state index in [2.05, 4.69) is 35.9 Å². The maximum Gasteiger partial charge on any atom is -0.000886 e. The molecule has 1 aromatic carbocycles. The Kier molecular flexibility index (Phi) is 10.7. The molecule has 0 spiro atoms. The first kappa shape index (κ1) is 29.1. The number of rotatable bonds is 8. The van der Waals surface area contributed by atoms with Crippen LogP contribution >= 0.6 is 0 Å². The molecule has 1 N–H and O–H groups in total. The summed E-state index contributed by atoms with van der Waals surface area (Å²) in [6.07, 6.45) is 12.5. The molecule has 1 unspecified atom stereocenters. The van der Waals surface area contributed by atoms with Gasteiger partial charge in [-0.2, -0.15) is 0 Å². The molecule has 7 heteroatoms. The smallest absolute Gasteiger partial charge is 0.000886 e. The Morgan fingerprint density at radius 1 is 1.18 bits per heavy atom. The molecule has 1 atom stereocenters. The second-order valence-electron chi connectivity index (χ2n) is 10.6. The molecule has 1 amide bonds. The third kappa shape index (κ3) is 7.39. The number of amides is 1. The van der Waals surface area contributed by atoms with Gasteiger partial charge >= 0.3 is 140 Å². The molecule has 2 saturated heterocycles. The Balaban J connectivity index is 1.31. The number of aliphatic hydroxyl groups is 1. The first-order valence-electron chi connectivity index (χ1n) is 13.9. The van der Waals surface area contributed by atoms with Gasteiger partial charge in [0, 0.05) is 11.9 Å². The second-order valence-corrected chi connectivity index (χ2v) is 13.2. The number of aliphatic hydroxyl groups excluding tert-OH is 1. The molecule has 2 fully saturated rings. The van der Waals surface area contributed by atoms with Crippen LogP contribution in [0, 0.1) is 24.6 Å². The summed E-state index contributed by atoms with van der Waals surface area (Å²) in [5, 5.41) is 10.4. The van der Waals surface area contributed by atoms with E-state index in [0.717, 1.165) is 59.6 Å². The van der Waals surface area contributed by atoms with E-state index in [4.69, 9.17) is 0 Å². The average molecular weight is 709 g/mol. The summed E-state index contributed by atoms with van der Waals surface area (Å²) >= 11 is 0.558. The normalized spacial score (nSPS) is 19.2. The van der Waals surface area contributed by atoms with Gasteiger partial charge in [0.2, 0.25) is 0 Å². The zero-order valence-electron chi connectivity index (χ0n) is 22.7. The van der Waals surface area contributed by atoms with Crippen LogP contribution in [-0.4, -0.2) is 90.4 Å². The van der Waals surface area contributed by atoms with Gasteiger partial charge < -0.3 is 5.11 Å². The number of piperidine rings is 2. The Labute approximate surface area is 242 Å². The monoisotopic (exact) mass is 709 g/mol. The molecular weight excluding hydrogens is 670 g/mol. The quantitative estimate of drug-likeness (QED) is 0.331. The molecule has 0 bridgehead atoms. The van der Waals surface area contributed by atoms with Crippen LogP contribution in [0.2, 0.25) is 0 Å². The number of pyridine rings is 1. The van der Waals surface area contributed by atoms with Gasteiger partial charge in [-0.15, -0.1) is 0 Å². The van der Waals surface area contributed by atoms with Crippen LogP contribution in [0.25, 0.3) is 11.6 Å². The summed E-state index contributed by atoms with van der Waals surface area (Å²) in [4.78, 5) is 21.7. The number of benzene rings is 1. The van der Waals surface area contributed by atoms with Crippen molar-refractivity contribution >= 4 is 46.4 Å². The number of hydrogen-bond donors (Lipinski definition) is 1. The van der Waals surface area contributed by atoms with Crippen molar-refractivity contribution in [3.63, 3.8) is 0 Å². The summed E-state index contributed by atoms with van der Waals surface area (Å²) in [5.74, 6) is 0.631. The fourth-order valence-electron chi connectivity index (χ4n) is 6.12. The van der Waals surface area contributed by atoms with Crippen molar-refractivity contribution in [2.24, 2.45) is 11.8 Å². The Hall–Kier alpha value is -1.91. The van der Waals surface area contributed by atoms with E-state index < -0.39 is 0 Å². The van der Waals surface area contributed by atoms with Crippen LogP contribution in [0.1, 0.15) is 55.8 Å². The van der Waals surface area contributed by atoms with E-state index in [1.807, 2.05) is 23.2 Å². The number of allylic oxidation sites excluding steroid dienone is 2. The van der Waals surface area contributed by atoms with Crippen molar-refractivity contribution in [3.05, 3.63) is 71.3 Å². The van der Waals surface area contributed by atoms with Gasteiger partial charge in [0.15, 0.2) is 0 Å². The van der Waals surface area contributed by atoms with Gasteiger partial charge in [0.25, 0.3) is 0 Å². The largest absolute Gasteiger partial charge is 0.0334 e. The summed E-state index contributed by atoms with van der Waals surface area (Å²) in [5.41, 5.74) is 4.53. The fourth-order valence-corrected chi connectivity index (χ4v) is 7.49. The summed E-state index contributed by atoms with van der Waals surface area (Å²) < 4.78 is 14.7. The third-order valence-electron chi connectivity index (χ3n) is 8.12. The molecule has 2 aliphatic rings. The molecule has 38 heavy (non-hydrogen) atoms. The van der Waals surface area contributed by atoms with E-state index in [1.54, 1.807) is 18.2 Å². The molecule has 2 aromatic rings. The first-order valence-corrected chi connectivity index (χ1v) is 16.1. The Morgan fingerprint density at radius 2 is 1.92 bits per heavy atom. The second kappa shape index (κ2) is 13.9. The first-order chi connectivity index (χ1) is 18.4. The molecule has 200 valence electrons. The van der Waals surface area contributed by atoms with Gasteiger partial charge in [-0.25, -0.2) is 0 Å². The Bertz CT molecular complexity index is 1130. The third-order valence-corrected chi connectivity index (χ3v) is 9.42. The maximum atomic E-state index is 13.7. The van der Waals surface area contributed by atoms with Gasteiger partial charge in [0.1, 0.15) is 0 Å². The number of carbonyl (C=O) groups is 1. The molecule has 0 aliphatic carbocycles. The van der Waals surface area contributed by atoms with Crippen molar-refractivity contribution in [1.82, 2.24) is 14.8 Å². The van der Waals surface area contributed by atoms with E-state index in [0.29, 0.717) is 50.7 Å². The number of hydrogen-bond acceptors (Lipinski definition) is 4. The van der Waals surface area contributed by atoms with Crippen LogP contribution in [-0.2, 0) is 4.79 Å². The SMILES string of the molecule is CC/C=C(\c1cccnc1C)C1CCN(C(CO)C2CCN(C(=O)/C=C/c3cc(F)c[c]([Tl])c3)CC2)CC1. The zero-order chi connectivity index (χ0) is 27.1. The van der Waals surface area contributed by atoms with Crippen LogP contribution in [0.4, 0.5) is 4.39 Å². The standard InChI is InChI=1S/C31H39FN3O2.Tl/c1-3-6-29(28-9-5-16-33-23(28)2)25-12-17-34(18-13-25)30(22-36)26-14-19-35(20-15-26)31(37)11-10-24-7-4-8-27(32)21-24;/h5-11,16,21,25-26,30,36H,3,12-15,17-20,22H2,1-2H3;/b11-10+,29-6-;. The van der Waals surface area contributed by atoms with Crippen LogP contribution in [0.15, 0.2) is 48.7 Å². The minimum Gasteiger partial charge on any atom is -0.0334 e. The van der Waals surface area contributed by atoms with Crippen molar-refractivity contribution < 1.29 is 14.3 Å². The minimum atomic E-state index is -0.248.